The molecule has 3 N–H and O–H groups in total. The van der Waals surface area contributed by atoms with E-state index in [1.54, 1.807) is 0 Å². The molecular formula is C16H27ClN2. The molecule has 108 valence electrons. The zero-order valence-electron chi connectivity index (χ0n) is 12.4. The van der Waals surface area contributed by atoms with Crippen LogP contribution in [-0.2, 0) is 6.54 Å². The summed E-state index contributed by atoms with van der Waals surface area (Å²) >= 11 is 6.01. The Kier molecular flexibility index (Phi) is 6.67. The quantitative estimate of drug-likeness (QED) is 0.539. The molecule has 0 aromatic heterocycles. The number of rotatable bonds is 8. The Hall–Kier alpha value is -0.730. The first-order valence-electron chi connectivity index (χ1n) is 7.19. The van der Waals surface area contributed by atoms with Crippen molar-refractivity contribution in [1.82, 2.24) is 5.32 Å². The van der Waals surface area contributed by atoms with E-state index in [9.17, 15) is 0 Å². The molecule has 0 amide bonds. The van der Waals surface area contributed by atoms with Crippen molar-refractivity contribution >= 4 is 17.3 Å². The average molecular weight is 283 g/mol. The Morgan fingerprint density at radius 1 is 1.26 bits per heavy atom. The SMILES string of the molecule is CCCCCC(C)(C)CNCc1ccc(N)c(Cl)c1. The number of nitrogens with one attached hydrogen (secondary N) is 1. The Labute approximate surface area is 122 Å². The zero-order valence-corrected chi connectivity index (χ0v) is 13.2. The van der Waals surface area contributed by atoms with Gasteiger partial charge in [-0.25, -0.2) is 0 Å². The van der Waals surface area contributed by atoms with Gasteiger partial charge in [0.05, 0.1) is 10.7 Å². The van der Waals surface area contributed by atoms with Gasteiger partial charge in [-0.05, 0) is 29.5 Å². The topological polar surface area (TPSA) is 38.0 Å². The van der Waals surface area contributed by atoms with Crippen LogP contribution in [0.5, 0.6) is 0 Å². The minimum Gasteiger partial charge on any atom is -0.398 e. The van der Waals surface area contributed by atoms with Crippen LogP contribution in [0.15, 0.2) is 18.2 Å². The number of hydrogen-bond donors (Lipinski definition) is 2. The second-order valence-corrected chi connectivity index (χ2v) is 6.49. The number of benzene rings is 1. The van der Waals surface area contributed by atoms with Gasteiger partial charge in [0.2, 0.25) is 0 Å². The van der Waals surface area contributed by atoms with Crippen LogP contribution >= 0.6 is 11.6 Å². The molecule has 0 spiro atoms. The standard InChI is InChI=1S/C16H27ClN2/c1-4-5-6-9-16(2,3)12-19-11-13-7-8-15(18)14(17)10-13/h7-8,10,19H,4-6,9,11-12,18H2,1-3H3. The molecule has 1 aromatic rings. The summed E-state index contributed by atoms with van der Waals surface area (Å²) in [4.78, 5) is 0. The molecule has 0 fully saturated rings. The van der Waals surface area contributed by atoms with Crippen LogP contribution in [0, 0.1) is 5.41 Å². The summed E-state index contributed by atoms with van der Waals surface area (Å²) in [5.41, 5.74) is 7.88. The summed E-state index contributed by atoms with van der Waals surface area (Å²) in [7, 11) is 0. The van der Waals surface area contributed by atoms with E-state index in [2.05, 4.69) is 26.1 Å². The van der Waals surface area contributed by atoms with E-state index < -0.39 is 0 Å². The van der Waals surface area contributed by atoms with Gasteiger partial charge in [-0.2, -0.15) is 0 Å². The van der Waals surface area contributed by atoms with Crippen molar-refractivity contribution in [3.63, 3.8) is 0 Å². The van der Waals surface area contributed by atoms with Crippen LogP contribution in [0.25, 0.3) is 0 Å². The molecule has 0 aliphatic rings. The second kappa shape index (κ2) is 7.76. The molecule has 1 aromatic carbocycles. The first-order chi connectivity index (χ1) is 8.94. The molecule has 0 saturated carbocycles. The lowest BCUT2D eigenvalue weighted by Gasteiger charge is -2.25. The van der Waals surface area contributed by atoms with Crippen LogP contribution in [0.4, 0.5) is 5.69 Å². The maximum Gasteiger partial charge on any atom is 0.0638 e. The van der Waals surface area contributed by atoms with E-state index >= 15 is 0 Å². The van der Waals surface area contributed by atoms with E-state index in [4.69, 9.17) is 17.3 Å². The lowest BCUT2D eigenvalue weighted by molar-refractivity contribution is 0.302. The summed E-state index contributed by atoms with van der Waals surface area (Å²) in [6.07, 6.45) is 5.21. The number of unbranched alkanes of at least 4 members (excludes halogenated alkanes) is 2. The van der Waals surface area contributed by atoms with Gasteiger partial charge in [0.15, 0.2) is 0 Å². The van der Waals surface area contributed by atoms with Crippen molar-refractivity contribution in [2.45, 2.75) is 53.0 Å². The molecule has 0 atom stereocenters. The summed E-state index contributed by atoms with van der Waals surface area (Å²) in [6, 6.07) is 5.83. The summed E-state index contributed by atoms with van der Waals surface area (Å²) in [5, 5.41) is 4.16. The maximum atomic E-state index is 6.01. The smallest absolute Gasteiger partial charge is 0.0638 e. The molecule has 0 bridgehead atoms. The molecule has 0 aliphatic heterocycles. The van der Waals surface area contributed by atoms with Gasteiger partial charge in [-0.1, -0.05) is 57.7 Å². The van der Waals surface area contributed by atoms with Gasteiger partial charge in [0.1, 0.15) is 0 Å². The predicted molar refractivity (Wildman–Crippen MR) is 85.5 cm³/mol. The molecule has 3 heteroatoms. The third-order valence-corrected chi connectivity index (χ3v) is 3.78. The summed E-state index contributed by atoms with van der Waals surface area (Å²) in [5.74, 6) is 0. The minimum atomic E-state index is 0.354. The van der Waals surface area contributed by atoms with Crippen molar-refractivity contribution in [2.24, 2.45) is 5.41 Å². The van der Waals surface area contributed by atoms with E-state index in [0.717, 1.165) is 13.1 Å². The first-order valence-corrected chi connectivity index (χ1v) is 7.57. The highest BCUT2D eigenvalue weighted by molar-refractivity contribution is 6.33. The largest absolute Gasteiger partial charge is 0.398 e. The van der Waals surface area contributed by atoms with Gasteiger partial charge in [0.25, 0.3) is 0 Å². The normalized spacial score (nSPS) is 11.8. The van der Waals surface area contributed by atoms with E-state index in [1.807, 2.05) is 18.2 Å². The number of halogens is 1. The third kappa shape index (κ3) is 6.31. The van der Waals surface area contributed by atoms with Crippen molar-refractivity contribution < 1.29 is 0 Å². The molecule has 0 aliphatic carbocycles. The number of hydrogen-bond acceptors (Lipinski definition) is 2. The molecule has 0 radical (unpaired) electrons. The van der Waals surface area contributed by atoms with Crippen LogP contribution in [0.3, 0.4) is 0 Å². The zero-order chi connectivity index (χ0) is 14.3. The first kappa shape index (κ1) is 16.3. The Morgan fingerprint density at radius 2 is 2.00 bits per heavy atom. The Balaban J connectivity index is 2.34. The van der Waals surface area contributed by atoms with Crippen LogP contribution in [0.2, 0.25) is 5.02 Å². The van der Waals surface area contributed by atoms with Gasteiger partial charge >= 0.3 is 0 Å². The molecule has 1 rings (SSSR count). The van der Waals surface area contributed by atoms with Crippen molar-refractivity contribution in [2.75, 3.05) is 12.3 Å². The van der Waals surface area contributed by atoms with E-state index in [1.165, 1.54) is 31.2 Å². The monoisotopic (exact) mass is 282 g/mol. The van der Waals surface area contributed by atoms with Gasteiger partial charge in [-0.15, -0.1) is 0 Å². The number of anilines is 1. The van der Waals surface area contributed by atoms with Crippen LogP contribution in [-0.4, -0.2) is 6.54 Å². The fourth-order valence-electron chi connectivity index (χ4n) is 2.17. The molecule has 0 heterocycles. The lowest BCUT2D eigenvalue weighted by Crippen LogP contribution is -2.29. The van der Waals surface area contributed by atoms with Gasteiger partial charge in [-0.3, -0.25) is 0 Å². The van der Waals surface area contributed by atoms with Crippen molar-refractivity contribution in [3.8, 4) is 0 Å². The minimum absolute atomic E-state index is 0.354. The highest BCUT2D eigenvalue weighted by Gasteiger charge is 2.16. The summed E-state index contributed by atoms with van der Waals surface area (Å²) in [6.45, 7) is 8.77. The fraction of sp³-hybridized carbons (Fsp3) is 0.625. The van der Waals surface area contributed by atoms with Gasteiger partial charge < -0.3 is 11.1 Å². The molecule has 0 unspecified atom stereocenters. The number of nitrogens with two attached hydrogens (primary N) is 1. The molecule has 19 heavy (non-hydrogen) atoms. The second-order valence-electron chi connectivity index (χ2n) is 6.08. The fourth-order valence-corrected chi connectivity index (χ4v) is 2.37. The molecular weight excluding hydrogens is 256 g/mol. The van der Waals surface area contributed by atoms with Crippen LogP contribution < -0.4 is 11.1 Å². The Bertz CT molecular complexity index is 388. The van der Waals surface area contributed by atoms with Crippen molar-refractivity contribution in [3.05, 3.63) is 28.8 Å². The Morgan fingerprint density at radius 3 is 2.63 bits per heavy atom. The third-order valence-electron chi connectivity index (χ3n) is 3.45. The maximum absolute atomic E-state index is 6.01. The molecule has 0 saturated heterocycles. The highest BCUT2D eigenvalue weighted by atomic mass is 35.5. The number of nitrogen functional groups attached to an aromatic ring is 1. The van der Waals surface area contributed by atoms with Crippen LogP contribution in [0.1, 0.15) is 52.0 Å². The predicted octanol–water partition coefficient (Wildman–Crippen LogP) is 4.62. The van der Waals surface area contributed by atoms with E-state index in [-0.39, 0.29) is 0 Å². The van der Waals surface area contributed by atoms with E-state index in [0.29, 0.717) is 16.1 Å². The van der Waals surface area contributed by atoms with Crippen molar-refractivity contribution in [1.29, 1.82) is 0 Å². The molecule has 2 nitrogen and oxygen atoms in total. The van der Waals surface area contributed by atoms with Gasteiger partial charge in [0, 0.05) is 13.1 Å². The summed E-state index contributed by atoms with van der Waals surface area (Å²) < 4.78 is 0. The average Bonchev–Trinajstić information content (AvgIpc) is 2.34. The highest BCUT2D eigenvalue weighted by Crippen LogP contribution is 2.23. The lowest BCUT2D eigenvalue weighted by atomic mass is 9.87.